The molecule has 0 unspecified atom stereocenters. The van der Waals surface area contributed by atoms with Crippen LogP contribution in [0.2, 0.25) is 0 Å². The maximum atomic E-state index is 10.8. The van der Waals surface area contributed by atoms with Gasteiger partial charge in [-0.15, -0.1) is 0 Å². The highest BCUT2D eigenvalue weighted by Crippen LogP contribution is 2.60. The van der Waals surface area contributed by atoms with Crippen molar-refractivity contribution in [3.63, 3.8) is 0 Å². The normalized spacial score (nSPS) is 38.7. The Labute approximate surface area is 118 Å². The SMILES string of the molecule is O=C(O)c1ccc(/C=C/C23CC4CC(CC(C4)C2)C3)o1. The van der Waals surface area contributed by atoms with E-state index in [9.17, 15) is 4.79 Å². The van der Waals surface area contributed by atoms with Crippen LogP contribution in [0.15, 0.2) is 22.6 Å². The third-order valence-electron chi connectivity index (χ3n) is 5.52. The Morgan fingerprint density at radius 3 is 2.25 bits per heavy atom. The minimum atomic E-state index is -1.00. The lowest BCUT2D eigenvalue weighted by atomic mass is 9.49. The molecule has 4 aliphatic rings. The van der Waals surface area contributed by atoms with Gasteiger partial charge in [-0.05, 0) is 79.9 Å². The summed E-state index contributed by atoms with van der Waals surface area (Å²) < 4.78 is 5.32. The van der Waals surface area contributed by atoms with Crippen LogP contribution in [0.5, 0.6) is 0 Å². The molecule has 0 atom stereocenters. The number of hydrogen-bond donors (Lipinski definition) is 1. The van der Waals surface area contributed by atoms with Gasteiger partial charge < -0.3 is 9.52 Å². The molecule has 0 amide bonds. The molecule has 1 N–H and O–H groups in total. The Morgan fingerprint density at radius 1 is 1.15 bits per heavy atom. The third kappa shape index (κ3) is 2.00. The van der Waals surface area contributed by atoms with E-state index in [2.05, 4.69) is 6.08 Å². The van der Waals surface area contributed by atoms with Crippen molar-refractivity contribution in [2.24, 2.45) is 23.2 Å². The molecule has 0 saturated heterocycles. The summed E-state index contributed by atoms with van der Waals surface area (Å²) in [5, 5.41) is 8.88. The molecule has 106 valence electrons. The van der Waals surface area contributed by atoms with E-state index in [1.54, 1.807) is 6.07 Å². The van der Waals surface area contributed by atoms with Crippen molar-refractivity contribution >= 4 is 12.0 Å². The van der Waals surface area contributed by atoms with Crippen molar-refractivity contribution in [2.75, 3.05) is 0 Å². The van der Waals surface area contributed by atoms with Crippen LogP contribution >= 0.6 is 0 Å². The van der Waals surface area contributed by atoms with Crippen LogP contribution in [-0.4, -0.2) is 11.1 Å². The average Bonchev–Trinajstić information content (AvgIpc) is 2.84. The van der Waals surface area contributed by atoms with Gasteiger partial charge in [-0.2, -0.15) is 0 Å². The van der Waals surface area contributed by atoms with Crippen LogP contribution in [0.1, 0.15) is 54.8 Å². The highest BCUT2D eigenvalue weighted by Gasteiger charge is 2.49. The second kappa shape index (κ2) is 4.24. The number of aromatic carboxylic acids is 1. The summed E-state index contributed by atoms with van der Waals surface area (Å²) in [6, 6.07) is 3.28. The molecular weight excluding hydrogens is 252 g/mol. The third-order valence-corrected chi connectivity index (χ3v) is 5.52. The van der Waals surface area contributed by atoms with Gasteiger partial charge in [-0.1, -0.05) is 6.08 Å². The first kappa shape index (κ1) is 12.2. The Balaban J connectivity index is 1.55. The first-order valence-corrected chi connectivity index (χ1v) is 7.64. The van der Waals surface area contributed by atoms with E-state index in [4.69, 9.17) is 9.52 Å². The maximum absolute atomic E-state index is 10.8. The quantitative estimate of drug-likeness (QED) is 0.896. The summed E-state index contributed by atoms with van der Waals surface area (Å²) in [7, 11) is 0. The van der Waals surface area contributed by atoms with E-state index in [1.165, 1.54) is 44.6 Å². The largest absolute Gasteiger partial charge is 0.475 e. The molecule has 20 heavy (non-hydrogen) atoms. The monoisotopic (exact) mass is 272 g/mol. The number of hydrogen-bond acceptors (Lipinski definition) is 2. The maximum Gasteiger partial charge on any atom is 0.371 e. The number of carboxylic acids is 1. The predicted molar refractivity (Wildman–Crippen MR) is 75.3 cm³/mol. The molecule has 4 saturated carbocycles. The lowest BCUT2D eigenvalue weighted by molar-refractivity contribution is -0.0233. The summed E-state index contributed by atoms with van der Waals surface area (Å²) in [5.41, 5.74) is 0.366. The molecule has 5 rings (SSSR count). The highest BCUT2D eigenvalue weighted by molar-refractivity contribution is 5.84. The predicted octanol–water partition coefficient (Wildman–Crippen LogP) is 4.21. The summed E-state index contributed by atoms with van der Waals surface area (Å²) in [6.45, 7) is 0. The van der Waals surface area contributed by atoms with Gasteiger partial charge in [-0.3, -0.25) is 0 Å². The zero-order valence-corrected chi connectivity index (χ0v) is 11.5. The van der Waals surface area contributed by atoms with E-state index >= 15 is 0 Å². The van der Waals surface area contributed by atoms with Crippen molar-refractivity contribution in [2.45, 2.75) is 38.5 Å². The van der Waals surface area contributed by atoms with Crippen LogP contribution in [0.3, 0.4) is 0 Å². The molecule has 1 aromatic rings. The Morgan fingerprint density at radius 2 is 1.75 bits per heavy atom. The molecular formula is C17H20O3. The lowest BCUT2D eigenvalue weighted by Gasteiger charge is -2.55. The zero-order chi connectivity index (χ0) is 13.7. The van der Waals surface area contributed by atoms with Gasteiger partial charge in [0, 0.05) is 0 Å². The van der Waals surface area contributed by atoms with Gasteiger partial charge in [0.1, 0.15) is 5.76 Å². The molecule has 0 aliphatic heterocycles. The summed E-state index contributed by atoms with van der Waals surface area (Å²) in [5.74, 6) is 2.47. The smallest absolute Gasteiger partial charge is 0.371 e. The molecule has 0 aromatic carbocycles. The zero-order valence-electron chi connectivity index (χ0n) is 11.5. The minimum Gasteiger partial charge on any atom is -0.475 e. The molecule has 3 heteroatoms. The molecule has 4 fully saturated rings. The molecule has 3 nitrogen and oxygen atoms in total. The Kier molecular flexibility index (Phi) is 2.60. The molecule has 0 spiro atoms. The lowest BCUT2D eigenvalue weighted by Crippen LogP contribution is -2.44. The first-order chi connectivity index (χ1) is 9.62. The summed E-state index contributed by atoms with van der Waals surface area (Å²) >= 11 is 0. The van der Waals surface area contributed by atoms with Crippen LogP contribution < -0.4 is 0 Å². The van der Waals surface area contributed by atoms with Crippen molar-refractivity contribution in [3.8, 4) is 0 Å². The van der Waals surface area contributed by atoms with Gasteiger partial charge in [0.05, 0.1) is 0 Å². The number of rotatable bonds is 3. The second-order valence-corrected chi connectivity index (χ2v) is 7.12. The molecule has 4 bridgehead atoms. The fourth-order valence-electron chi connectivity index (χ4n) is 5.20. The second-order valence-electron chi connectivity index (χ2n) is 7.12. The molecule has 0 radical (unpaired) electrons. The molecule has 1 aromatic heterocycles. The number of carbonyl (C=O) groups is 1. The van der Waals surface area contributed by atoms with Gasteiger partial charge in [0.25, 0.3) is 0 Å². The van der Waals surface area contributed by atoms with Crippen molar-refractivity contribution in [1.29, 1.82) is 0 Å². The van der Waals surface area contributed by atoms with Crippen LogP contribution in [0, 0.1) is 23.2 Å². The van der Waals surface area contributed by atoms with Crippen LogP contribution in [-0.2, 0) is 0 Å². The number of allylic oxidation sites excluding steroid dienone is 1. The standard InChI is InChI=1S/C17H20O3/c18-16(19)15-2-1-14(20-15)3-4-17-8-11-5-12(9-17)7-13(6-11)10-17/h1-4,11-13H,5-10H2,(H,18,19)/b4-3+. The van der Waals surface area contributed by atoms with Gasteiger partial charge in [0.2, 0.25) is 5.76 Å². The number of furan rings is 1. The van der Waals surface area contributed by atoms with E-state index < -0.39 is 5.97 Å². The van der Waals surface area contributed by atoms with Gasteiger partial charge in [0.15, 0.2) is 0 Å². The van der Waals surface area contributed by atoms with Crippen molar-refractivity contribution < 1.29 is 14.3 Å². The summed E-state index contributed by atoms with van der Waals surface area (Å²) in [6.07, 6.45) is 12.6. The van der Waals surface area contributed by atoms with Crippen molar-refractivity contribution in [3.05, 3.63) is 29.7 Å². The first-order valence-electron chi connectivity index (χ1n) is 7.64. The Hall–Kier alpha value is -1.51. The topological polar surface area (TPSA) is 50.4 Å². The van der Waals surface area contributed by atoms with Crippen molar-refractivity contribution in [1.82, 2.24) is 0 Å². The Bertz CT molecular complexity index is 531. The van der Waals surface area contributed by atoms with E-state index in [0.29, 0.717) is 11.2 Å². The average molecular weight is 272 g/mol. The minimum absolute atomic E-state index is 0.0233. The van der Waals surface area contributed by atoms with Gasteiger partial charge in [-0.25, -0.2) is 4.79 Å². The fraction of sp³-hybridized carbons (Fsp3) is 0.588. The summed E-state index contributed by atoms with van der Waals surface area (Å²) in [4.78, 5) is 10.8. The molecule has 4 aliphatic carbocycles. The number of carboxylic acid groups (broad SMARTS) is 1. The van der Waals surface area contributed by atoms with Crippen LogP contribution in [0.4, 0.5) is 0 Å². The van der Waals surface area contributed by atoms with E-state index in [-0.39, 0.29) is 5.76 Å². The van der Waals surface area contributed by atoms with Crippen LogP contribution in [0.25, 0.3) is 6.08 Å². The highest BCUT2D eigenvalue weighted by atomic mass is 16.4. The molecule has 1 heterocycles. The van der Waals surface area contributed by atoms with Gasteiger partial charge >= 0.3 is 5.97 Å². The van der Waals surface area contributed by atoms with E-state index in [0.717, 1.165) is 17.8 Å². The fourth-order valence-corrected chi connectivity index (χ4v) is 5.20. The van der Waals surface area contributed by atoms with E-state index in [1.807, 2.05) is 6.08 Å².